The fourth-order valence-corrected chi connectivity index (χ4v) is 8.70. The van der Waals surface area contributed by atoms with Gasteiger partial charge >= 0.3 is 0 Å². The highest BCUT2D eigenvalue weighted by Crippen LogP contribution is 2.62. The number of hydrogen-bond donors (Lipinski definition) is 3. The molecule has 2 aromatic rings. The van der Waals surface area contributed by atoms with Crippen LogP contribution in [0.4, 0.5) is 10.1 Å². The van der Waals surface area contributed by atoms with Gasteiger partial charge in [-0.05, 0) is 80.7 Å². The number of halogens is 3. The van der Waals surface area contributed by atoms with Crippen molar-refractivity contribution in [2.24, 2.45) is 11.8 Å². The number of anilines is 1. The normalized spacial score (nSPS) is 30.3. The second-order valence-electron chi connectivity index (χ2n) is 12.4. The summed E-state index contributed by atoms with van der Waals surface area (Å²) in [5.74, 6) is -1.33. The fraction of sp³-hybridized carbons (Fsp3) is 0.531. The smallest absolute Gasteiger partial charge is 0.237 e. The summed E-state index contributed by atoms with van der Waals surface area (Å²) >= 11 is 12.6. The number of benzene rings is 2. The molecule has 6 rings (SSSR count). The molecule has 4 aliphatic rings. The van der Waals surface area contributed by atoms with Crippen LogP contribution in [0.2, 0.25) is 10.0 Å². The summed E-state index contributed by atoms with van der Waals surface area (Å²) in [7, 11) is 0. The quantitative estimate of drug-likeness (QED) is 0.377. The molecule has 2 aliphatic heterocycles. The predicted molar refractivity (Wildman–Crippen MR) is 158 cm³/mol. The molecule has 2 spiro atoms. The zero-order valence-electron chi connectivity index (χ0n) is 23.2. The van der Waals surface area contributed by atoms with Crippen molar-refractivity contribution < 1.29 is 18.8 Å². The number of Topliss-reactive ketones (excluding diaryl/α,β-unsaturated/α-hetero) is 1. The van der Waals surface area contributed by atoms with Gasteiger partial charge in [-0.15, -0.1) is 0 Å². The van der Waals surface area contributed by atoms with Gasteiger partial charge in [0.05, 0.1) is 11.1 Å². The number of carbonyl (C=O) groups excluding carboxylic acids is 3. The molecule has 3 atom stereocenters. The Balaban J connectivity index is 1.42. The Morgan fingerprint density at radius 2 is 1.78 bits per heavy atom. The van der Waals surface area contributed by atoms with Crippen LogP contribution in [0.15, 0.2) is 36.4 Å². The molecule has 0 aromatic heterocycles. The molecule has 0 radical (unpaired) electrons. The monoisotopic (exact) mass is 599 g/mol. The maximum absolute atomic E-state index is 16.0. The van der Waals surface area contributed by atoms with E-state index >= 15 is 4.39 Å². The predicted octanol–water partition coefficient (Wildman–Crippen LogP) is 6.29. The zero-order valence-corrected chi connectivity index (χ0v) is 24.7. The highest BCUT2D eigenvalue weighted by molar-refractivity contribution is 6.31. The van der Waals surface area contributed by atoms with Crippen molar-refractivity contribution in [3.05, 3.63) is 63.4 Å². The molecule has 41 heavy (non-hydrogen) atoms. The SMILES string of the molecule is CC(=O)C1CCC(CNC(=O)[C@@H]2NC3(CCCCC3)[C@@]3(C(=O)Nc4cc(Cl)ccc43)[C@H]2c2cccc(Cl)c2F)CC1. The number of nitrogens with one attached hydrogen (secondary N) is 3. The van der Waals surface area contributed by atoms with Crippen molar-refractivity contribution in [1.29, 1.82) is 0 Å². The van der Waals surface area contributed by atoms with E-state index in [1.807, 2.05) is 6.07 Å². The standard InChI is InChI=1S/C32H36Cl2FN3O3/c1-18(39)20-10-8-19(9-11-20)17-36-29(40)28-26(22-6-5-7-24(34)27(22)35)32(31(38-28)14-3-2-4-15-31)23-13-12-21(33)16-25(23)37-30(32)41/h5-7,12-13,16,19-20,26,28,38H,2-4,8-11,14-15,17H2,1H3,(H,36,40)(H,37,41)/t19?,20?,26-,28+,32+/m0/s1. The average molecular weight is 601 g/mol. The van der Waals surface area contributed by atoms with Crippen LogP contribution in [0.3, 0.4) is 0 Å². The molecule has 2 aromatic carbocycles. The van der Waals surface area contributed by atoms with E-state index in [9.17, 15) is 14.4 Å². The summed E-state index contributed by atoms with van der Waals surface area (Å²) in [5.41, 5.74) is -0.392. The first-order valence-corrected chi connectivity index (χ1v) is 15.5. The highest BCUT2D eigenvalue weighted by Gasteiger charge is 2.72. The first-order valence-electron chi connectivity index (χ1n) is 14.8. The van der Waals surface area contributed by atoms with Gasteiger partial charge in [0.25, 0.3) is 0 Å². The number of amides is 2. The third kappa shape index (κ3) is 4.59. The summed E-state index contributed by atoms with van der Waals surface area (Å²) in [6.07, 6.45) is 7.59. The van der Waals surface area contributed by atoms with Gasteiger partial charge in [0.1, 0.15) is 17.0 Å². The van der Waals surface area contributed by atoms with Crippen LogP contribution in [0.25, 0.3) is 0 Å². The molecule has 0 bridgehead atoms. The van der Waals surface area contributed by atoms with E-state index in [-0.39, 0.29) is 40.0 Å². The molecule has 218 valence electrons. The molecule has 6 nitrogen and oxygen atoms in total. The maximum atomic E-state index is 16.0. The lowest BCUT2D eigenvalue weighted by atomic mass is 9.55. The summed E-state index contributed by atoms with van der Waals surface area (Å²) in [5, 5.41) is 10.3. The molecule has 2 aliphatic carbocycles. The van der Waals surface area contributed by atoms with Gasteiger partial charge in [-0.2, -0.15) is 0 Å². The zero-order chi connectivity index (χ0) is 28.9. The van der Waals surface area contributed by atoms with Gasteiger partial charge in [0.15, 0.2) is 0 Å². The van der Waals surface area contributed by atoms with Crippen LogP contribution >= 0.6 is 23.2 Å². The van der Waals surface area contributed by atoms with Crippen molar-refractivity contribution in [1.82, 2.24) is 10.6 Å². The highest BCUT2D eigenvalue weighted by atomic mass is 35.5. The van der Waals surface area contributed by atoms with Gasteiger partial charge in [-0.3, -0.25) is 19.7 Å². The van der Waals surface area contributed by atoms with Gasteiger partial charge < -0.3 is 10.6 Å². The minimum absolute atomic E-state index is 0.0432. The molecule has 2 saturated carbocycles. The minimum Gasteiger partial charge on any atom is -0.354 e. The van der Waals surface area contributed by atoms with Crippen molar-refractivity contribution in [2.45, 2.75) is 87.6 Å². The van der Waals surface area contributed by atoms with E-state index in [0.29, 0.717) is 30.1 Å². The number of fused-ring (bicyclic) bond motifs is 3. The number of ketones is 1. The Morgan fingerprint density at radius 1 is 1.05 bits per heavy atom. The average Bonchev–Trinajstić information content (AvgIpc) is 3.41. The Labute approximate surface area is 250 Å². The van der Waals surface area contributed by atoms with Crippen molar-refractivity contribution in [3.63, 3.8) is 0 Å². The minimum atomic E-state index is -1.24. The van der Waals surface area contributed by atoms with E-state index < -0.39 is 28.7 Å². The molecule has 0 unspecified atom stereocenters. The van der Waals surface area contributed by atoms with E-state index in [2.05, 4.69) is 16.0 Å². The Hall–Kier alpha value is -2.48. The molecule has 9 heteroatoms. The maximum Gasteiger partial charge on any atom is 0.237 e. The van der Waals surface area contributed by atoms with E-state index in [1.54, 1.807) is 31.2 Å². The molecule has 1 saturated heterocycles. The molecular weight excluding hydrogens is 564 g/mol. The van der Waals surface area contributed by atoms with E-state index in [0.717, 1.165) is 50.5 Å². The lowest BCUT2D eigenvalue weighted by Gasteiger charge is -2.47. The van der Waals surface area contributed by atoms with Crippen LogP contribution < -0.4 is 16.0 Å². The second-order valence-corrected chi connectivity index (χ2v) is 13.3. The summed E-state index contributed by atoms with van der Waals surface area (Å²) in [6, 6.07) is 9.31. The van der Waals surface area contributed by atoms with Crippen molar-refractivity contribution in [3.8, 4) is 0 Å². The number of carbonyl (C=O) groups is 3. The molecule has 3 fully saturated rings. The summed E-state index contributed by atoms with van der Waals surface area (Å²) < 4.78 is 16.0. The van der Waals surface area contributed by atoms with Crippen LogP contribution in [-0.2, 0) is 19.8 Å². The van der Waals surface area contributed by atoms with Crippen molar-refractivity contribution >= 4 is 46.5 Å². The first kappa shape index (κ1) is 28.6. The molecule has 3 N–H and O–H groups in total. The number of rotatable bonds is 5. The largest absolute Gasteiger partial charge is 0.354 e. The summed E-state index contributed by atoms with van der Waals surface area (Å²) in [6.45, 7) is 2.13. The lowest BCUT2D eigenvalue weighted by molar-refractivity contribution is -0.125. The number of hydrogen-bond acceptors (Lipinski definition) is 4. The van der Waals surface area contributed by atoms with Crippen LogP contribution in [0.1, 0.15) is 81.8 Å². The van der Waals surface area contributed by atoms with Gasteiger partial charge in [0.2, 0.25) is 11.8 Å². The Morgan fingerprint density at radius 3 is 2.49 bits per heavy atom. The third-order valence-electron chi connectivity index (χ3n) is 10.3. The third-order valence-corrected chi connectivity index (χ3v) is 10.8. The molecule has 2 amide bonds. The van der Waals surface area contributed by atoms with E-state index in [1.165, 1.54) is 6.07 Å². The Kier molecular flexibility index (Phi) is 7.66. The van der Waals surface area contributed by atoms with Crippen LogP contribution in [0, 0.1) is 17.7 Å². The van der Waals surface area contributed by atoms with Crippen LogP contribution in [-0.4, -0.2) is 35.7 Å². The van der Waals surface area contributed by atoms with Gasteiger partial charge in [-0.25, -0.2) is 4.39 Å². The fourth-order valence-electron chi connectivity index (χ4n) is 8.35. The lowest BCUT2D eigenvalue weighted by Crippen LogP contribution is -2.60. The van der Waals surface area contributed by atoms with Crippen molar-refractivity contribution in [2.75, 3.05) is 11.9 Å². The second kappa shape index (κ2) is 11.0. The summed E-state index contributed by atoms with van der Waals surface area (Å²) in [4.78, 5) is 40.3. The van der Waals surface area contributed by atoms with E-state index in [4.69, 9.17) is 23.2 Å². The van der Waals surface area contributed by atoms with Gasteiger partial charge in [0, 0.05) is 34.6 Å². The molecule has 2 heterocycles. The first-order chi connectivity index (χ1) is 19.7. The van der Waals surface area contributed by atoms with Crippen LogP contribution in [0.5, 0.6) is 0 Å². The topological polar surface area (TPSA) is 87.3 Å². The van der Waals surface area contributed by atoms with Gasteiger partial charge in [-0.1, -0.05) is 60.7 Å². The Bertz CT molecular complexity index is 1390. The molecular formula is C32H36Cl2FN3O3.